The third-order valence-corrected chi connectivity index (χ3v) is 12.0. The Bertz CT molecular complexity index is 2640. The molecule has 5 N–H and O–H groups in total. The second kappa shape index (κ2) is 23.4. The first kappa shape index (κ1) is 51.4. The van der Waals surface area contributed by atoms with Gasteiger partial charge in [0.15, 0.2) is 5.78 Å². The van der Waals surface area contributed by atoms with Gasteiger partial charge in [-0.15, -0.1) is 0 Å². The first-order chi connectivity index (χ1) is 33.3. The van der Waals surface area contributed by atoms with E-state index in [-0.39, 0.29) is 72.0 Å². The lowest BCUT2D eigenvalue weighted by Crippen LogP contribution is -2.44. The monoisotopic (exact) mass is 975 g/mol. The number of nitro benzene ring substituents is 1. The van der Waals surface area contributed by atoms with Gasteiger partial charge in [0, 0.05) is 55.8 Å². The highest BCUT2D eigenvalue weighted by atomic mass is 16.6. The van der Waals surface area contributed by atoms with Crippen LogP contribution in [0.5, 0.6) is 17.2 Å². The molecule has 0 radical (unpaired) electrons. The van der Waals surface area contributed by atoms with Crippen molar-refractivity contribution in [2.45, 2.75) is 57.6 Å². The topological polar surface area (TPSA) is 318 Å². The quantitative estimate of drug-likeness (QED) is 0.0191. The van der Waals surface area contributed by atoms with Gasteiger partial charge in [-0.2, -0.15) is 0 Å². The molecule has 1 aliphatic heterocycles. The molecule has 0 spiro atoms. The zero-order valence-electron chi connectivity index (χ0n) is 38.2. The minimum Gasteiger partial charge on any atom is -0.489 e. The van der Waals surface area contributed by atoms with E-state index in [0.717, 1.165) is 42.6 Å². The molecular weight excluding hydrogens is 923 g/mol. The van der Waals surface area contributed by atoms with Crippen molar-refractivity contribution in [1.29, 1.82) is 0 Å². The number of rotatable bonds is 26. The van der Waals surface area contributed by atoms with Crippen molar-refractivity contribution in [3.63, 3.8) is 0 Å². The highest BCUT2D eigenvalue weighted by molar-refractivity contribution is 5.98. The van der Waals surface area contributed by atoms with E-state index < -0.39 is 84.7 Å². The Morgan fingerprint density at radius 2 is 1.33 bits per heavy atom. The number of anilines is 3. The summed E-state index contributed by atoms with van der Waals surface area (Å²) < 4.78 is 23.4. The summed E-state index contributed by atoms with van der Waals surface area (Å²) in [6, 6.07) is 13.0. The van der Waals surface area contributed by atoms with Gasteiger partial charge in [0.05, 0.1) is 41.0 Å². The molecule has 23 heteroatoms. The predicted octanol–water partition coefficient (Wildman–Crippen LogP) is 4.44. The number of aliphatic carboxylic acids is 5. The highest BCUT2D eigenvalue weighted by Gasteiger charge is 2.31. The summed E-state index contributed by atoms with van der Waals surface area (Å²) in [5.41, 5.74) is -0.510. The normalized spacial score (nSPS) is 15.6. The van der Waals surface area contributed by atoms with Gasteiger partial charge in [-0.1, -0.05) is 0 Å². The van der Waals surface area contributed by atoms with E-state index in [9.17, 15) is 69.2 Å². The lowest BCUT2D eigenvalue weighted by Gasteiger charge is -2.35. The summed E-state index contributed by atoms with van der Waals surface area (Å²) >= 11 is 0. The van der Waals surface area contributed by atoms with Crippen molar-refractivity contribution in [3.8, 4) is 17.2 Å². The molecule has 1 saturated heterocycles. The lowest BCUT2D eigenvalue weighted by molar-refractivity contribution is -0.385. The molecule has 6 rings (SSSR count). The zero-order chi connectivity index (χ0) is 50.6. The van der Waals surface area contributed by atoms with Crippen molar-refractivity contribution < 1.29 is 77.9 Å². The molecule has 0 bridgehead atoms. The first-order valence-electron chi connectivity index (χ1n) is 22.3. The largest absolute Gasteiger partial charge is 0.489 e. The van der Waals surface area contributed by atoms with Crippen molar-refractivity contribution >= 4 is 69.3 Å². The number of carboxylic acids is 5. The van der Waals surface area contributed by atoms with Gasteiger partial charge in [0.2, 0.25) is 0 Å². The van der Waals surface area contributed by atoms with Crippen LogP contribution in [0.25, 0.3) is 11.0 Å². The number of likely N-dealkylation sites (N-methyl/N-ethyl adjacent to an activating group) is 1. The molecule has 2 aliphatic rings. The van der Waals surface area contributed by atoms with Crippen LogP contribution in [-0.2, 0) is 30.6 Å². The molecule has 2 heterocycles. The summed E-state index contributed by atoms with van der Waals surface area (Å²) in [5, 5.41) is 60.2. The standard InChI is InChI=1S/C47H53N5O18/c1-48(22-42(54)55)35-11-9-32(49-12-2-3-13-49)19-40(35)67-14-15-68-41-21-36(52(65)66)30(18-37(41)51(25-45(60)61)26-46(62)63)27-69-33-10-6-29-17-34(47(64)70-39(29)20-33)38(53)16-28-4-7-31(8-5-28)50(23-43(56)57)24-44(58)59/h6,9-11,17-21,28,31H,2-5,7-8,12-16,22-27H2,1H3,(H,54,55)(H,56,57)(H,58,59)(H,60,61)(H,62,63). The number of carbonyl (C=O) groups is 6. The molecule has 0 atom stereocenters. The maximum Gasteiger partial charge on any atom is 0.347 e. The molecule has 4 aromatic rings. The Hall–Kier alpha value is -7.95. The fraction of sp³-hybridized carbons (Fsp3) is 0.426. The van der Waals surface area contributed by atoms with Crippen LogP contribution in [0.2, 0.25) is 0 Å². The van der Waals surface area contributed by atoms with Gasteiger partial charge in [-0.3, -0.25) is 43.8 Å². The number of benzene rings is 3. The summed E-state index contributed by atoms with van der Waals surface area (Å²) in [6.07, 6.45) is 4.00. The lowest BCUT2D eigenvalue weighted by atomic mass is 9.82. The van der Waals surface area contributed by atoms with E-state index in [1.165, 1.54) is 40.1 Å². The second-order valence-corrected chi connectivity index (χ2v) is 17.1. The molecule has 1 aromatic heterocycles. The molecule has 0 amide bonds. The predicted molar refractivity (Wildman–Crippen MR) is 249 cm³/mol. The number of ether oxygens (including phenoxy) is 3. The maximum atomic E-state index is 13.4. The Labute approximate surface area is 399 Å². The van der Waals surface area contributed by atoms with Crippen LogP contribution in [0, 0.1) is 16.0 Å². The van der Waals surface area contributed by atoms with Gasteiger partial charge in [-0.25, -0.2) is 4.79 Å². The van der Waals surface area contributed by atoms with E-state index >= 15 is 0 Å². The van der Waals surface area contributed by atoms with Crippen LogP contribution in [0.1, 0.15) is 60.9 Å². The van der Waals surface area contributed by atoms with Crippen molar-refractivity contribution in [2.75, 3.05) is 80.8 Å². The van der Waals surface area contributed by atoms with Gasteiger partial charge >= 0.3 is 35.5 Å². The molecule has 1 aliphatic carbocycles. The minimum absolute atomic E-state index is 0.0129. The fourth-order valence-electron chi connectivity index (χ4n) is 8.78. The summed E-state index contributed by atoms with van der Waals surface area (Å²) in [5.74, 6) is -6.59. The third-order valence-electron chi connectivity index (χ3n) is 12.0. The molecule has 23 nitrogen and oxygen atoms in total. The molecule has 1 saturated carbocycles. The summed E-state index contributed by atoms with van der Waals surface area (Å²) in [4.78, 5) is 102. The number of carboxylic acid groups (broad SMARTS) is 5. The van der Waals surface area contributed by atoms with E-state index in [2.05, 4.69) is 4.90 Å². The number of carbonyl (C=O) groups excluding carboxylic acids is 1. The highest BCUT2D eigenvalue weighted by Crippen LogP contribution is 2.38. The average Bonchev–Trinajstić information content (AvgIpc) is 3.84. The van der Waals surface area contributed by atoms with Gasteiger partial charge in [0.1, 0.15) is 67.8 Å². The van der Waals surface area contributed by atoms with Crippen LogP contribution in [-0.4, -0.2) is 143 Å². The smallest absolute Gasteiger partial charge is 0.347 e. The van der Waals surface area contributed by atoms with Crippen molar-refractivity contribution in [1.82, 2.24) is 4.90 Å². The SMILES string of the molecule is CN(CC(=O)O)c1ccc(N2CCCC2)cc1OCCOc1cc([N+](=O)[O-])c(COc2ccc3cc(C(=O)CC4CCC(N(CC(=O)O)CC(=O)O)CC4)c(=O)oc3c2)cc1N(CC(=O)O)CC(=O)O. The van der Waals surface area contributed by atoms with E-state index in [1.54, 1.807) is 19.2 Å². The maximum absolute atomic E-state index is 13.4. The Morgan fingerprint density at radius 3 is 1.91 bits per heavy atom. The van der Waals surface area contributed by atoms with Crippen LogP contribution in [0.4, 0.5) is 22.7 Å². The first-order valence-corrected chi connectivity index (χ1v) is 22.3. The Balaban J connectivity index is 1.17. The molecular formula is C47H53N5O18. The van der Waals surface area contributed by atoms with Crippen LogP contribution in [0.3, 0.4) is 0 Å². The number of nitro groups is 1. The van der Waals surface area contributed by atoms with Gasteiger partial charge < -0.3 is 58.9 Å². The summed E-state index contributed by atoms with van der Waals surface area (Å²) in [6.45, 7) is -2.15. The second-order valence-electron chi connectivity index (χ2n) is 17.1. The fourth-order valence-corrected chi connectivity index (χ4v) is 8.78. The Kier molecular flexibility index (Phi) is 17.2. The number of fused-ring (bicyclic) bond motifs is 1. The number of Topliss-reactive ketones (excluding diaryl/α,β-unsaturated/α-hetero) is 1. The number of hydrogen-bond acceptors (Lipinski definition) is 17. The van der Waals surface area contributed by atoms with Crippen LogP contribution >= 0.6 is 0 Å². The molecule has 2 fully saturated rings. The van der Waals surface area contributed by atoms with Crippen LogP contribution in [0.15, 0.2) is 63.8 Å². The van der Waals surface area contributed by atoms with Crippen molar-refractivity contribution in [3.05, 3.63) is 86.3 Å². The number of ketones is 1. The average molecular weight is 976 g/mol. The number of nitrogens with zero attached hydrogens (tertiary/aromatic N) is 5. The van der Waals surface area contributed by atoms with Crippen LogP contribution < -0.4 is 34.5 Å². The molecule has 0 unspecified atom stereocenters. The molecule has 70 heavy (non-hydrogen) atoms. The van der Waals surface area contributed by atoms with Gasteiger partial charge in [0.25, 0.3) is 5.69 Å². The van der Waals surface area contributed by atoms with E-state index in [1.807, 2.05) is 6.07 Å². The molecule has 3 aromatic carbocycles. The Morgan fingerprint density at radius 1 is 0.729 bits per heavy atom. The number of hydrogen-bond donors (Lipinski definition) is 5. The van der Waals surface area contributed by atoms with Gasteiger partial charge in [-0.05, 0) is 80.8 Å². The van der Waals surface area contributed by atoms with E-state index in [0.29, 0.717) is 42.5 Å². The zero-order valence-corrected chi connectivity index (χ0v) is 38.2. The van der Waals surface area contributed by atoms with Crippen molar-refractivity contribution in [2.24, 2.45) is 5.92 Å². The summed E-state index contributed by atoms with van der Waals surface area (Å²) in [7, 11) is 1.59. The minimum atomic E-state index is -1.41. The van der Waals surface area contributed by atoms with E-state index in [4.69, 9.17) is 18.6 Å². The third kappa shape index (κ3) is 13.8. The molecule has 374 valence electrons.